The molecule has 0 bridgehead atoms. The number of hydrogen-bond acceptors (Lipinski definition) is 5. The summed E-state index contributed by atoms with van der Waals surface area (Å²) in [5.41, 5.74) is 1.19. The highest BCUT2D eigenvalue weighted by Gasteiger charge is 2.18. The Hall–Kier alpha value is -1.75. The van der Waals surface area contributed by atoms with E-state index in [4.69, 9.17) is 4.74 Å². The van der Waals surface area contributed by atoms with Gasteiger partial charge in [-0.1, -0.05) is 16.6 Å². The van der Waals surface area contributed by atoms with Crippen LogP contribution in [0.25, 0.3) is 0 Å². The highest BCUT2D eigenvalue weighted by Crippen LogP contribution is 2.23. The summed E-state index contributed by atoms with van der Waals surface area (Å²) in [5.74, 6) is 0.477. The van der Waals surface area contributed by atoms with Gasteiger partial charge in [-0.05, 0) is 30.6 Å². The number of nitrogens with zero attached hydrogens (tertiary/aromatic N) is 2. The highest BCUT2D eigenvalue weighted by molar-refractivity contribution is 7.08. The number of para-hydroxylation sites is 1. The van der Waals surface area contributed by atoms with E-state index < -0.39 is 0 Å². The van der Waals surface area contributed by atoms with E-state index in [1.165, 1.54) is 0 Å². The predicted molar refractivity (Wildman–Crippen MR) is 61.1 cm³/mol. The molecular weight excluding hydrogens is 224 g/mol. The first-order chi connectivity index (χ1) is 7.74. The van der Waals surface area contributed by atoms with Gasteiger partial charge in [0.15, 0.2) is 0 Å². The molecule has 0 fully saturated rings. The van der Waals surface area contributed by atoms with Crippen molar-refractivity contribution < 1.29 is 9.53 Å². The van der Waals surface area contributed by atoms with E-state index in [9.17, 15) is 4.79 Å². The molecule has 0 amide bonds. The molecule has 16 heavy (non-hydrogen) atoms. The van der Waals surface area contributed by atoms with Crippen molar-refractivity contribution in [2.75, 3.05) is 7.11 Å². The minimum Gasteiger partial charge on any atom is -0.496 e. The number of hydrogen-bond donors (Lipinski definition) is 0. The molecule has 0 radical (unpaired) electrons. The first-order valence-corrected chi connectivity index (χ1v) is 5.48. The number of carbonyl (C=O) groups is 1. The van der Waals surface area contributed by atoms with Gasteiger partial charge in [0.05, 0.1) is 18.4 Å². The average molecular weight is 234 g/mol. The maximum atomic E-state index is 12.2. The minimum absolute atomic E-state index is 0.0926. The lowest BCUT2D eigenvalue weighted by molar-refractivity contribution is 0.103. The molecule has 0 saturated heterocycles. The molecule has 0 saturated carbocycles. The van der Waals surface area contributed by atoms with Crippen molar-refractivity contribution in [2.24, 2.45) is 0 Å². The van der Waals surface area contributed by atoms with E-state index in [0.717, 1.165) is 11.5 Å². The van der Waals surface area contributed by atoms with Crippen LogP contribution in [0.1, 0.15) is 20.9 Å². The van der Waals surface area contributed by atoms with Crippen LogP contribution in [0, 0.1) is 6.92 Å². The Labute approximate surface area is 97.0 Å². The van der Waals surface area contributed by atoms with Crippen molar-refractivity contribution >= 4 is 17.3 Å². The Balaban J connectivity index is 2.46. The van der Waals surface area contributed by atoms with Crippen LogP contribution in [-0.4, -0.2) is 22.5 Å². The zero-order valence-corrected chi connectivity index (χ0v) is 9.75. The van der Waals surface area contributed by atoms with Crippen molar-refractivity contribution in [3.8, 4) is 5.75 Å². The lowest BCUT2D eigenvalue weighted by Gasteiger charge is -2.05. The molecule has 0 atom stereocenters. The number of benzene rings is 1. The standard InChI is InChI=1S/C11H10N2O2S/c1-7-11(16-13-12-7)10(14)8-5-3-4-6-9(8)15-2/h3-6H,1-2H3. The summed E-state index contributed by atoms with van der Waals surface area (Å²) < 4.78 is 8.90. The number of methoxy groups -OCH3 is 1. The normalized spacial score (nSPS) is 10.1. The van der Waals surface area contributed by atoms with Gasteiger partial charge < -0.3 is 4.74 Å². The molecule has 1 aromatic heterocycles. The molecule has 4 nitrogen and oxygen atoms in total. The number of carbonyl (C=O) groups excluding carboxylic acids is 1. The second kappa shape index (κ2) is 4.40. The number of aromatic nitrogens is 2. The van der Waals surface area contributed by atoms with Crippen LogP contribution < -0.4 is 4.74 Å². The van der Waals surface area contributed by atoms with Crippen molar-refractivity contribution in [1.82, 2.24) is 9.59 Å². The quantitative estimate of drug-likeness (QED) is 0.763. The van der Waals surface area contributed by atoms with Gasteiger partial charge in [-0.15, -0.1) is 5.10 Å². The van der Waals surface area contributed by atoms with Gasteiger partial charge in [0, 0.05) is 0 Å². The lowest BCUT2D eigenvalue weighted by Crippen LogP contribution is -2.03. The molecule has 0 aliphatic heterocycles. The molecule has 1 heterocycles. The Kier molecular flexibility index (Phi) is 2.96. The Bertz CT molecular complexity index is 522. The van der Waals surface area contributed by atoms with E-state index >= 15 is 0 Å². The Morgan fingerprint density at radius 2 is 2.12 bits per heavy atom. The van der Waals surface area contributed by atoms with E-state index in [1.54, 1.807) is 32.2 Å². The zero-order valence-electron chi connectivity index (χ0n) is 8.93. The molecule has 5 heteroatoms. The molecule has 0 unspecified atom stereocenters. The van der Waals surface area contributed by atoms with Crippen LogP contribution in [0.2, 0.25) is 0 Å². The highest BCUT2D eigenvalue weighted by atomic mass is 32.1. The number of aryl methyl sites for hydroxylation is 1. The monoisotopic (exact) mass is 234 g/mol. The summed E-state index contributed by atoms with van der Waals surface area (Å²) in [7, 11) is 1.55. The number of ether oxygens (including phenoxy) is 1. The van der Waals surface area contributed by atoms with Gasteiger partial charge in [-0.3, -0.25) is 4.79 Å². The van der Waals surface area contributed by atoms with Crippen LogP contribution >= 0.6 is 11.5 Å². The molecule has 2 aromatic rings. The van der Waals surface area contributed by atoms with Crippen LogP contribution in [0.3, 0.4) is 0 Å². The summed E-state index contributed by atoms with van der Waals surface area (Å²) >= 11 is 1.11. The summed E-state index contributed by atoms with van der Waals surface area (Å²) in [6.45, 7) is 1.77. The summed E-state index contributed by atoms with van der Waals surface area (Å²) in [6.07, 6.45) is 0. The van der Waals surface area contributed by atoms with Gasteiger partial charge in [0.25, 0.3) is 0 Å². The fourth-order valence-corrected chi connectivity index (χ4v) is 2.00. The van der Waals surface area contributed by atoms with Gasteiger partial charge >= 0.3 is 0 Å². The summed E-state index contributed by atoms with van der Waals surface area (Å²) in [6, 6.07) is 7.13. The molecule has 0 aliphatic rings. The maximum Gasteiger partial charge on any atom is 0.210 e. The fourth-order valence-electron chi connectivity index (χ4n) is 1.39. The lowest BCUT2D eigenvalue weighted by atomic mass is 10.1. The molecule has 0 aliphatic carbocycles. The van der Waals surface area contributed by atoms with Crippen molar-refractivity contribution in [3.63, 3.8) is 0 Å². The van der Waals surface area contributed by atoms with Crippen LogP contribution in [-0.2, 0) is 0 Å². The first-order valence-electron chi connectivity index (χ1n) is 4.70. The van der Waals surface area contributed by atoms with Crippen molar-refractivity contribution in [2.45, 2.75) is 6.92 Å². The largest absolute Gasteiger partial charge is 0.496 e. The third-order valence-electron chi connectivity index (χ3n) is 2.21. The average Bonchev–Trinajstić information content (AvgIpc) is 2.74. The molecule has 2 rings (SSSR count). The Morgan fingerprint density at radius 1 is 1.38 bits per heavy atom. The van der Waals surface area contributed by atoms with Gasteiger partial charge in [0.1, 0.15) is 10.6 Å². The van der Waals surface area contributed by atoms with Crippen LogP contribution in [0.5, 0.6) is 5.75 Å². The molecule has 82 valence electrons. The second-order valence-corrected chi connectivity index (χ2v) is 3.97. The summed E-state index contributed by atoms with van der Waals surface area (Å²) in [5, 5.41) is 3.83. The zero-order chi connectivity index (χ0) is 11.5. The SMILES string of the molecule is COc1ccccc1C(=O)c1snnc1C. The molecule has 1 aromatic carbocycles. The van der Waals surface area contributed by atoms with E-state index in [2.05, 4.69) is 9.59 Å². The maximum absolute atomic E-state index is 12.2. The van der Waals surface area contributed by atoms with Crippen molar-refractivity contribution in [1.29, 1.82) is 0 Å². The van der Waals surface area contributed by atoms with Crippen molar-refractivity contribution in [3.05, 3.63) is 40.4 Å². The van der Waals surface area contributed by atoms with Crippen LogP contribution in [0.15, 0.2) is 24.3 Å². The Morgan fingerprint density at radius 3 is 2.75 bits per heavy atom. The minimum atomic E-state index is -0.0926. The van der Waals surface area contributed by atoms with E-state index in [0.29, 0.717) is 21.9 Å². The smallest absolute Gasteiger partial charge is 0.210 e. The van der Waals surface area contributed by atoms with Crippen LogP contribution in [0.4, 0.5) is 0 Å². The van der Waals surface area contributed by atoms with Gasteiger partial charge in [0.2, 0.25) is 5.78 Å². The molecular formula is C11H10N2O2S. The first kappa shape index (κ1) is 10.8. The third kappa shape index (κ3) is 1.81. The third-order valence-corrected chi connectivity index (χ3v) is 3.04. The molecule has 0 N–H and O–H groups in total. The topological polar surface area (TPSA) is 52.1 Å². The second-order valence-electron chi connectivity index (χ2n) is 3.22. The molecule has 0 spiro atoms. The van der Waals surface area contributed by atoms with Gasteiger partial charge in [-0.2, -0.15) is 0 Å². The van der Waals surface area contributed by atoms with E-state index in [-0.39, 0.29) is 5.78 Å². The number of rotatable bonds is 3. The fraction of sp³-hybridized carbons (Fsp3) is 0.182. The van der Waals surface area contributed by atoms with Gasteiger partial charge in [-0.25, -0.2) is 0 Å². The number of ketones is 1. The van der Waals surface area contributed by atoms with E-state index in [1.807, 2.05) is 6.07 Å². The summed E-state index contributed by atoms with van der Waals surface area (Å²) in [4.78, 5) is 12.7. The predicted octanol–water partition coefficient (Wildman–Crippen LogP) is 2.09.